The third-order valence-corrected chi connectivity index (χ3v) is 6.75. The van der Waals surface area contributed by atoms with Crippen LogP contribution in [0, 0.1) is 5.92 Å². The molecule has 1 spiro atoms. The highest BCUT2D eigenvalue weighted by atomic mass is 32.1. The van der Waals surface area contributed by atoms with Crippen molar-refractivity contribution in [1.29, 1.82) is 0 Å². The Kier molecular flexibility index (Phi) is 3.69. The normalized spacial score (nSPS) is 31.5. The maximum absolute atomic E-state index is 13.0. The maximum Gasteiger partial charge on any atom is 0.326 e. The van der Waals surface area contributed by atoms with Crippen molar-refractivity contribution in [2.24, 2.45) is 5.92 Å². The third kappa shape index (κ3) is 2.39. The number of thiophene rings is 1. The molecule has 2 aliphatic heterocycles. The molecule has 23 heavy (non-hydrogen) atoms. The molecule has 2 atom stereocenters. The fourth-order valence-electron chi connectivity index (χ4n) is 4.25. The molecule has 3 amide bonds. The van der Waals surface area contributed by atoms with Crippen LogP contribution in [0.15, 0.2) is 11.4 Å². The number of nitrogens with zero attached hydrogens (tertiary/aromatic N) is 2. The van der Waals surface area contributed by atoms with Crippen molar-refractivity contribution >= 4 is 23.3 Å². The summed E-state index contributed by atoms with van der Waals surface area (Å²) >= 11 is 1.80. The molecule has 1 aromatic rings. The molecule has 3 heterocycles. The van der Waals surface area contributed by atoms with Crippen LogP contribution in [0.5, 0.6) is 0 Å². The van der Waals surface area contributed by atoms with Gasteiger partial charge >= 0.3 is 6.03 Å². The lowest BCUT2D eigenvalue weighted by Gasteiger charge is -2.37. The van der Waals surface area contributed by atoms with Crippen molar-refractivity contribution < 1.29 is 9.59 Å². The number of amides is 3. The first-order valence-electron chi connectivity index (χ1n) is 8.52. The molecule has 3 aliphatic rings. The second-order valence-electron chi connectivity index (χ2n) is 7.09. The predicted molar refractivity (Wildman–Crippen MR) is 89.0 cm³/mol. The summed E-state index contributed by atoms with van der Waals surface area (Å²) in [6, 6.07) is 1.95. The molecule has 124 valence electrons. The molecule has 1 aromatic heterocycles. The van der Waals surface area contributed by atoms with Crippen molar-refractivity contribution in [3.63, 3.8) is 0 Å². The molecule has 0 unspecified atom stereocenters. The fraction of sp³-hybridized carbons (Fsp3) is 0.647. The van der Waals surface area contributed by atoms with Gasteiger partial charge in [-0.3, -0.25) is 9.69 Å². The lowest BCUT2D eigenvalue weighted by Crippen LogP contribution is -2.54. The van der Waals surface area contributed by atoms with Crippen LogP contribution < -0.4 is 5.32 Å². The lowest BCUT2D eigenvalue weighted by molar-refractivity contribution is -0.135. The van der Waals surface area contributed by atoms with Crippen LogP contribution in [0.25, 0.3) is 0 Å². The molecular weight excluding hydrogens is 310 g/mol. The first-order chi connectivity index (χ1) is 11.1. The highest BCUT2D eigenvalue weighted by molar-refractivity contribution is 7.10. The Hall–Kier alpha value is -1.40. The Morgan fingerprint density at radius 2 is 2.26 bits per heavy atom. The third-order valence-electron chi connectivity index (χ3n) is 5.73. The Labute approximate surface area is 140 Å². The van der Waals surface area contributed by atoms with E-state index in [1.54, 1.807) is 11.3 Å². The largest absolute Gasteiger partial charge is 0.326 e. The van der Waals surface area contributed by atoms with E-state index in [-0.39, 0.29) is 17.9 Å². The first-order valence-corrected chi connectivity index (χ1v) is 9.40. The molecule has 1 saturated heterocycles. The molecule has 0 radical (unpaired) electrons. The molecule has 6 heteroatoms. The van der Waals surface area contributed by atoms with Gasteiger partial charge in [-0.25, -0.2) is 9.69 Å². The average molecular weight is 333 g/mol. The Morgan fingerprint density at radius 3 is 3.09 bits per heavy atom. The van der Waals surface area contributed by atoms with Gasteiger partial charge in [-0.2, -0.15) is 0 Å². The topological polar surface area (TPSA) is 52.7 Å². The van der Waals surface area contributed by atoms with E-state index in [0.717, 1.165) is 45.2 Å². The number of carbonyl (C=O) groups is 2. The molecular formula is C17H23N3O2S. The van der Waals surface area contributed by atoms with Gasteiger partial charge in [0.25, 0.3) is 5.91 Å². The van der Waals surface area contributed by atoms with Gasteiger partial charge in [-0.1, -0.05) is 19.8 Å². The monoisotopic (exact) mass is 333 g/mol. The van der Waals surface area contributed by atoms with Gasteiger partial charge < -0.3 is 5.32 Å². The van der Waals surface area contributed by atoms with Crippen molar-refractivity contribution in [2.45, 2.75) is 51.1 Å². The standard InChI is InChI=1S/C17H23N3O2S/c1-12-4-2-3-7-17(12)15(21)20(16(22)18-17)11-19-8-5-14-13(10-19)6-9-23-14/h6,9,12H,2-5,7-8,10-11H2,1H3,(H,18,22)/t12-,17+/m0/s1. The summed E-state index contributed by atoms with van der Waals surface area (Å²) in [5, 5.41) is 5.16. The molecule has 1 saturated carbocycles. The first kappa shape index (κ1) is 15.1. The maximum atomic E-state index is 13.0. The van der Waals surface area contributed by atoms with Crippen LogP contribution in [0.3, 0.4) is 0 Å². The summed E-state index contributed by atoms with van der Waals surface area (Å²) < 4.78 is 0. The van der Waals surface area contributed by atoms with Gasteiger partial charge in [0.15, 0.2) is 0 Å². The minimum absolute atomic E-state index is 0.00850. The van der Waals surface area contributed by atoms with Gasteiger partial charge in [-0.05, 0) is 42.2 Å². The second kappa shape index (κ2) is 5.60. The highest BCUT2D eigenvalue weighted by Gasteiger charge is 2.55. The zero-order chi connectivity index (χ0) is 16.0. The van der Waals surface area contributed by atoms with Crippen LogP contribution in [-0.2, 0) is 17.8 Å². The van der Waals surface area contributed by atoms with E-state index < -0.39 is 5.54 Å². The summed E-state index contributed by atoms with van der Waals surface area (Å²) in [6.07, 6.45) is 4.98. The Bertz CT molecular complexity index is 644. The van der Waals surface area contributed by atoms with Gasteiger partial charge in [-0.15, -0.1) is 11.3 Å². The van der Waals surface area contributed by atoms with Crippen LogP contribution >= 0.6 is 11.3 Å². The predicted octanol–water partition coefficient (Wildman–Crippen LogP) is 2.56. The zero-order valence-electron chi connectivity index (χ0n) is 13.5. The van der Waals surface area contributed by atoms with Crippen LogP contribution in [0.2, 0.25) is 0 Å². The van der Waals surface area contributed by atoms with E-state index in [9.17, 15) is 9.59 Å². The van der Waals surface area contributed by atoms with E-state index in [2.05, 4.69) is 28.6 Å². The Morgan fingerprint density at radius 1 is 1.39 bits per heavy atom. The number of rotatable bonds is 2. The van der Waals surface area contributed by atoms with E-state index in [1.807, 2.05) is 0 Å². The minimum atomic E-state index is -0.640. The number of nitrogens with one attached hydrogen (secondary N) is 1. The van der Waals surface area contributed by atoms with Crippen molar-refractivity contribution in [2.75, 3.05) is 13.2 Å². The summed E-state index contributed by atoms with van der Waals surface area (Å²) in [4.78, 5) is 30.5. The van der Waals surface area contributed by atoms with E-state index in [0.29, 0.717) is 6.67 Å². The van der Waals surface area contributed by atoms with Gasteiger partial charge in [0.2, 0.25) is 0 Å². The summed E-state index contributed by atoms with van der Waals surface area (Å²) in [7, 11) is 0. The number of urea groups is 1. The van der Waals surface area contributed by atoms with Crippen LogP contribution in [-0.4, -0.2) is 40.5 Å². The molecule has 4 rings (SSSR count). The summed E-state index contributed by atoms with van der Waals surface area (Å²) in [6.45, 7) is 4.25. The van der Waals surface area contributed by atoms with Crippen molar-refractivity contribution in [3.8, 4) is 0 Å². The number of carbonyl (C=O) groups excluding carboxylic acids is 2. The minimum Gasteiger partial charge on any atom is -0.323 e. The van der Waals surface area contributed by atoms with E-state index in [4.69, 9.17) is 0 Å². The van der Waals surface area contributed by atoms with Crippen LogP contribution in [0.4, 0.5) is 4.79 Å². The highest BCUT2D eigenvalue weighted by Crippen LogP contribution is 2.38. The molecule has 1 aliphatic carbocycles. The smallest absolute Gasteiger partial charge is 0.323 e. The summed E-state index contributed by atoms with van der Waals surface area (Å²) in [5.41, 5.74) is 0.701. The van der Waals surface area contributed by atoms with E-state index in [1.165, 1.54) is 15.3 Å². The molecule has 5 nitrogen and oxygen atoms in total. The number of hydrogen-bond donors (Lipinski definition) is 1. The SMILES string of the molecule is C[C@H]1CCCC[C@@]12NC(=O)N(CN1CCc3sccc3C1)C2=O. The van der Waals surface area contributed by atoms with E-state index >= 15 is 0 Å². The Balaban J connectivity index is 1.49. The van der Waals surface area contributed by atoms with Crippen molar-refractivity contribution in [3.05, 3.63) is 21.9 Å². The summed E-state index contributed by atoms with van der Waals surface area (Å²) in [5.74, 6) is 0.216. The second-order valence-corrected chi connectivity index (χ2v) is 8.10. The van der Waals surface area contributed by atoms with Gasteiger partial charge in [0, 0.05) is 18.0 Å². The van der Waals surface area contributed by atoms with Gasteiger partial charge in [0.1, 0.15) is 5.54 Å². The quantitative estimate of drug-likeness (QED) is 0.846. The number of imide groups is 1. The van der Waals surface area contributed by atoms with Crippen molar-refractivity contribution in [1.82, 2.24) is 15.1 Å². The zero-order valence-corrected chi connectivity index (χ0v) is 14.3. The number of fused-ring (bicyclic) bond motifs is 1. The lowest BCUT2D eigenvalue weighted by atomic mass is 9.73. The fourth-order valence-corrected chi connectivity index (χ4v) is 5.14. The van der Waals surface area contributed by atoms with Crippen LogP contribution in [0.1, 0.15) is 43.0 Å². The number of hydrogen-bond acceptors (Lipinski definition) is 4. The molecule has 0 aromatic carbocycles. The molecule has 0 bridgehead atoms. The molecule has 1 N–H and O–H groups in total. The van der Waals surface area contributed by atoms with Gasteiger partial charge in [0.05, 0.1) is 6.67 Å². The molecule has 2 fully saturated rings. The average Bonchev–Trinajstić information content (AvgIpc) is 3.09.